The van der Waals surface area contributed by atoms with E-state index in [1.165, 1.54) is 6.33 Å². The summed E-state index contributed by atoms with van der Waals surface area (Å²) in [6.45, 7) is 3.95. The van der Waals surface area contributed by atoms with Gasteiger partial charge in [0.05, 0.1) is 11.3 Å². The first-order chi connectivity index (χ1) is 8.58. The van der Waals surface area contributed by atoms with E-state index in [0.717, 1.165) is 22.8 Å². The lowest BCUT2D eigenvalue weighted by molar-refractivity contribution is 0.731. The van der Waals surface area contributed by atoms with Crippen LogP contribution in [0.3, 0.4) is 0 Å². The first-order valence-electron chi connectivity index (χ1n) is 5.54. The second-order valence-electron chi connectivity index (χ2n) is 4.21. The summed E-state index contributed by atoms with van der Waals surface area (Å²) >= 11 is 0. The lowest BCUT2D eigenvalue weighted by Gasteiger charge is -1.96. The topological polar surface area (TPSA) is 98.3 Å². The Morgan fingerprint density at radius 2 is 2.06 bits per heavy atom. The molecule has 3 aromatic heterocycles. The zero-order valence-corrected chi connectivity index (χ0v) is 10.4. The lowest BCUT2D eigenvalue weighted by Crippen LogP contribution is -1.93. The zero-order chi connectivity index (χ0) is 12.9. The first kappa shape index (κ1) is 10.7. The van der Waals surface area contributed by atoms with Gasteiger partial charge in [0.1, 0.15) is 17.7 Å². The van der Waals surface area contributed by atoms with E-state index < -0.39 is 0 Å². The van der Waals surface area contributed by atoms with E-state index in [2.05, 4.69) is 25.0 Å². The highest BCUT2D eigenvalue weighted by molar-refractivity contribution is 5.84. The third-order valence-corrected chi connectivity index (χ3v) is 3.06. The van der Waals surface area contributed by atoms with Crippen LogP contribution in [0.1, 0.15) is 11.4 Å². The summed E-state index contributed by atoms with van der Waals surface area (Å²) < 4.78 is 1.83. The van der Waals surface area contributed by atoms with Gasteiger partial charge >= 0.3 is 0 Å². The number of H-pyrrole nitrogens is 1. The highest BCUT2D eigenvalue weighted by atomic mass is 15.3. The van der Waals surface area contributed by atoms with Gasteiger partial charge in [-0.15, -0.1) is 0 Å². The Morgan fingerprint density at radius 1 is 1.28 bits per heavy atom. The van der Waals surface area contributed by atoms with E-state index in [1.807, 2.05) is 25.6 Å². The maximum Gasteiger partial charge on any atom is 0.183 e. The molecular formula is C11H13N7. The van der Waals surface area contributed by atoms with E-state index in [9.17, 15) is 0 Å². The molecule has 3 heterocycles. The molecule has 0 unspecified atom stereocenters. The van der Waals surface area contributed by atoms with E-state index in [4.69, 9.17) is 5.73 Å². The second-order valence-corrected chi connectivity index (χ2v) is 4.21. The maximum atomic E-state index is 5.79. The minimum absolute atomic E-state index is 0.401. The lowest BCUT2D eigenvalue weighted by atomic mass is 10.2. The van der Waals surface area contributed by atoms with Crippen molar-refractivity contribution in [2.24, 2.45) is 7.05 Å². The summed E-state index contributed by atoms with van der Waals surface area (Å²) in [6.07, 6.45) is 1.41. The van der Waals surface area contributed by atoms with Gasteiger partial charge in [0.25, 0.3) is 0 Å². The Morgan fingerprint density at radius 3 is 2.67 bits per heavy atom. The molecule has 0 bridgehead atoms. The molecule has 0 radical (unpaired) electrons. The minimum atomic E-state index is 0.401. The van der Waals surface area contributed by atoms with Crippen LogP contribution in [0.15, 0.2) is 6.33 Å². The van der Waals surface area contributed by atoms with Crippen molar-refractivity contribution in [2.45, 2.75) is 13.8 Å². The number of fused-ring (bicyclic) bond motifs is 1. The van der Waals surface area contributed by atoms with Crippen LogP contribution < -0.4 is 5.73 Å². The third-order valence-electron chi connectivity index (χ3n) is 3.06. The van der Waals surface area contributed by atoms with Gasteiger partial charge in [-0.1, -0.05) is 0 Å². The van der Waals surface area contributed by atoms with Gasteiger partial charge in [-0.25, -0.2) is 15.0 Å². The summed E-state index contributed by atoms with van der Waals surface area (Å²) in [5.41, 5.74) is 9.96. The number of nitrogens with one attached hydrogen (secondary N) is 1. The molecule has 0 amide bonds. The predicted octanol–water partition coefficient (Wildman–Crippen LogP) is 0.952. The predicted molar refractivity (Wildman–Crippen MR) is 67.8 cm³/mol. The number of hydrogen-bond acceptors (Lipinski definition) is 5. The molecule has 3 N–H and O–H groups in total. The van der Waals surface area contributed by atoms with Crippen LogP contribution in [-0.4, -0.2) is 29.7 Å². The number of aromatic amines is 1. The van der Waals surface area contributed by atoms with Gasteiger partial charge in [0, 0.05) is 12.7 Å². The molecule has 0 aliphatic carbocycles. The van der Waals surface area contributed by atoms with Gasteiger partial charge in [-0.05, 0) is 13.8 Å². The van der Waals surface area contributed by atoms with Crippen LogP contribution in [0.5, 0.6) is 0 Å². The van der Waals surface area contributed by atoms with E-state index in [1.54, 1.807) is 0 Å². The number of rotatable bonds is 1. The largest absolute Gasteiger partial charge is 0.382 e. The number of anilines is 1. The van der Waals surface area contributed by atoms with Crippen molar-refractivity contribution in [3.05, 3.63) is 17.7 Å². The quantitative estimate of drug-likeness (QED) is 0.663. The fourth-order valence-electron chi connectivity index (χ4n) is 2.08. The van der Waals surface area contributed by atoms with E-state index >= 15 is 0 Å². The first-order valence-corrected chi connectivity index (χ1v) is 5.54. The number of nitrogens with two attached hydrogens (primary N) is 1. The molecule has 0 atom stereocenters. The summed E-state index contributed by atoms with van der Waals surface area (Å²) in [5, 5.41) is 4.37. The Bertz CT molecular complexity index is 737. The molecule has 0 aliphatic rings. The van der Waals surface area contributed by atoms with Crippen LogP contribution in [0, 0.1) is 13.8 Å². The third kappa shape index (κ3) is 1.37. The number of hydrogen-bond donors (Lipinski definition) is 2. The molecule has 0 aliphatic heterocycles. The minimum Gasteiger partial charge on any atom is -0.382 e. The highest BCUT2D eigenvalue weighted by Crippen LogP contribution is 2.26. The van der Waals surface area contributed by atoms with Gasteiger partial charge in [-0.3, -0.25) is 4.68 Å². The normalized spacial score (nSPS) is 11.3. The van der Waals surface area contributed by atoms with Crippen LogP contribution in [0.4, 0.5) is 5.82 Å². The zero-order valence-electron chi connectivity index (χ0n) is 10.4. The molecule has 18 heavy (non-hydrogen) atoms. The van der Waals surface area contributed by atoms with Crippen molar-refractivity contribution >= 4 is 17.0 Å². The fourth-order valence-corrected chi connectivity index (χ4v) is 2.08. The summed E-state index contributed by atoms with van der Waals surface area (Å²) in [5.74, 6) is 1.12. The number of nitrogen functional groups attached to an aromatic ring is 1. The van der Waals surface area contributed by atoms with Crippen LogP contribution in [0.25, 0.3) is 22.6 Å². The van der Waals surface area contributed by atoms with Crippen molar-refractivity contribution in [3.8, 4) is 11.4 Å². The Balaban J connectivity index is 2.29. The molecule has 0 saturated heterocycles. The molecule has 3 rings (SSSR count). The molecule has 7 heteroatoms. The molecular weight excluding hydrogens is 230 g/mol. The summed E-state index contributed by atoms with van der Waals surface area (Å²) in [4.78, 5) is 15.6. The summed E-state index contributed by atoms with van der Waals surface area (Å²) in [7, 11) is 1.91. The average molecular weight is 243 g/mol. The number of aromatic nitrogens is 6. The van der Waals surface area contributed by atoms with Gasteiger partial charge in [0.2, 0.25) is 0 Å². The van der Waals surface area contributed by atoms with Crippen LogP contribution >= 0.6 is 0 Å². The highest BCUT2D eigenvalue weighted by Gasteiger charge is 2.16. The monoisotopic (exact) mass is 243 g/mol. The number of imidazole rings is 1. The van der Waals surface area contributed by atoms with Gasteiger partial charge in [-0.2, -0.15) is 5.10 Å². The van der Waals surface area contributed by atoms with Crippen molar-refractivity contribution in [1.29, 1.82) is 0 Å². The molecule has 3 aromatic rings. The molecule has 0 fully saturated rings. The van der Waals surface area contributed by atoms with Crippen molar-refractivity contribution < 1.29 is 0 Å². The van der Waals surface area contributed by atoms with Crippen molar-refractivity contribution in [2.75, 3.05) is 5.73 Å². The second kappa shape index (κ2) is 3.52. The molecule has 0 aromatic carbocycles. The molecule has 92 valence electrons. The van der Waals surface area contributed by atoms with Crippen LogP contribution in [-0.2, 0) is 7.05 Å². The van der Waals surface area contributed by atoms with Crippen molar-refractivity contribution in [3.63, 3.8) is 0 Å². The Labute approximate surface area is 103 Å². The molecule has 0 saturated carbocycles. The van der Waals surface area contributed by atoms with Gasteiger partial charge in [0.15, 0.2) is 11.5 Å². The van der Waals surface area contributed by atoms with Crippen LogP contribution in [0.2, 0.25) is 0 Å². The standard InChI is InChI=1S/C11H13N7/c1-5-7(6(2)18(3)17-5)10-15-8-9(12)13-4-14-11(8)16-10/h4H,1-3H3,(H3,12,13,14,15,16). The molecule has 7 nitrogen and oxygen atoms in total. The Hall–Kier alpha value is -2.44. The number of aryl methyl sites for hydroxylation is 2. The fraction of sp³-hybridized carbons (Fsp3) is 0.273. The number of nitrogens with zero attached hydrogens (tertiary/aromatic N) is 5. The summed E-state index contributed by atoms with van der Waals surface area (Å²) in [6, 6.07) is 0. The Kier molecular flexibility index (Phi) is 2.09. The molecule has 0 spiro atoms. The maximum absolute atomic E-state index is 5.79. The smallest absolute Gasteiger partial charge is 0.183 e. The van der Waals surface area contributed by atoms with E-state index in [-0.39, 0.29) is 0 Å². The SMILES string of the molecule is Cc1nn(C)c(C)c1-c1nc2ncnc(N)c2[nH]1. The van der Waals surface area contributed by atoms with Crippen molar-refractivity contribution in [1.82, 2.24) is 29.7 Å². The average Bonchev–Trinajstić information content (AvgIpc) is 2.83. The van der Waals surface area contributed by atoms with E-state index in [0.29, 0.717) is 17.0 Å². The van der Waals surface area contributed by atoms with Gasteiger partial charge < -0.3 is 10.7 Å².